The van der Waals surface area contributed by atoms with E-state index in [0.29, 0.717) is 12.5 Å². The Morgan fingerprint density at radius 1 is 1.00 bits per heavy atom. The lowest BCUT2D eigenvalue weighted by Gasteiger charge is -2.10. The van der Waals surface area contributed by atoms with Crippen molar-refractivity contribution in [3.63, 3.8) is 0 Å². The van der Waals surface area contributed by atoms with Gasteiger partial charge in [-0.3, -0.25) is 0 Å². The molecule has 0 aliphatic rings. The lowest BCUT2D eigenvalue weighted by Crippen LogP contribution is -2.11. The van der Waals surface area contributed by atoms with Crippen LogP contribution in [0.4, 0.5) is 5.69 Å². The maximum absolute atomic E-state index is 5.66. The third-order valence-electron chi connectivity index (χ3n) is 3.09. The van der Waals surface area contributed by atoms with E-state index < -0.39 is 0 Å². The molecule has 2 aromatic rings. The van der Waals surface area contributed by atoms with Gasteiger partial charge in [0.2, 0.25) is 0 Å². The number of benzene rings is 2. The van der Waals surface area contributed by atoms with Crippen LogP contribution in [-0.4, -0.2) is 13.2 Å². The molecule has 106 valence electrons. The average molecular weight is 334 g/mol. The van der Waals surface area contributed by atoms with Gasteiger partial charge in [0.05, 0.1) is 0 Å². The third kappa shape index (κ3) is 4.57. The molecule has 1 N–H and O–H groups in total. The summed E-state index contributed by atoms with van der Waals surface area (Å²) in [6.07, 6.45) is 0. The zero-order valence-electron chi connectivity index (χ0n) is 11.9. The fourth-order valence-corrected chi connectivity index (χ4v) is 2.15. The van der Waals surface area contributed by atoms with Crippen LogP contribution in [0.5, 0.6) is 5.75 Å². The van der Waals surface area contributed by atoms with E-state index in [1.54, 1.807) is 0 Å². The number of rotatable bonds is 6. The van der Waals surface area contributed by atoms with Crippen LogP contribution in [0.3, 0.4) is 0 Å². The van der Waals surface area contributed by atoms with Crippen molar-refractivity contribution in [1.29, 1.82) is 0 Å². The standard InChI is InChI=1S/C17H20BrNO/c1-13(2)14-3-7-16(8-4-14)19-11-12-20-17-9-5-15(18)6-10-17/h3-10,13,19H,11-12H2,1-2H3. The van der Waals surface area contributed by atoms with Gasteiger partial charge < -0.3 is 10.1 Å². The molecule has 2 rings (SSSR count). The first-order valence-electron chi connectivity index (χ1n) is 6.87. The lowest BCUT2D eigenvalue weighted by molar-refractivity contribution is 0.333. The number of hydrogen-bond donors (Lipinski definition) is 1. The molecule has 0 aliphatic carbocycles. The predicted octanol–water partition coefficient (Wildman–Crippen LogP) is 5.06. The summed E-state index contributed by atoms with van der Waals surface area (Å²) in [4.78, 5) is 0. The minimum atomic E-state index is 0.574. The topological polar surface area (TPSA) is 21.3 Å². The van der Waals surface area contributed by atoms with E-state index in [4.69, 9.17) is 4.74 Å². The maximum Gasteiger partial charge on any atom is 0.119 e. The van der Waals surface area contributed by atoms with Crippen LogP contribution >= 0.6 is 15.9 Å². The fourth-order valence-electron chi connectivity index (χ4n) is 1.88. The molecule has 0 spiro atoms. The summed E-state index contributed by atoms with van der Waals surface area (Å²) in [5, 5.41) is 3.36. The van der Waals surface area contributed by atoms with Gasteiger partial charge in [0.25, 0.3) is 0 Å². The Hall–Kier alpha value is -1.48. The van der Waals surface area contributed by atoms with E-state index in [-0.39, 0.29) is 0 Å². The second-order valence-corrected chi connectivity index (χ2v) is 5.92. The van der Waals surface area contributed by atoms with Gasteiger partial charge in [0.15, 0.2) is 0 Å². The minimum absolute atomic E-state index is 0.574. The molecule has 0 heterocycles. The van der Waals surface area contributed by atoms with Crippen LogP contribution in [0, 0.1) is 0 Å². The highest BCUT2D eigenvalue weighted by Crippen LogP contribution is 2.17. The number of halogens is 1. The average Bonchev–Trinajstić information content (AvgIpc) is 2.46. The molecule has 0 amide bonds. The van der Waals surface area contributed by atoms with Crippen molar-refractivity contribution in [2.24, 2.45) is 0 Å². The van der Waals surface area contributed by atoms with Gasteiger partial charge in [-0.1, -0.05) is 41.9 Å². The van der Waals surface area contributed by atoms with Crippen molar-refractivity contribution in [2.45, 2.75) is 19.8 Å². The highest BCUT2D eigenvalue weighted by atomic mass is 79.9. The van der Waals surface area contributed by atoms with Crippen LogP contribution in [0.15, 0.2) is 53.0 Å². The smallest absolute Gasteiger partial charge is 0.119 e. The van der Waals surface area contributed by atoms with Crippen molar-refractivity contribution in [2.75, 3.05) is 18.5 Å². The van der Waals surface area contributed by atoms with Gasteiger partial charge in [-0.15, -0.1) is 0 Å². The SMILES string of the molecule is CC(C)c1ccc(NCCOc2ccc(Br)cc2)cc1. The Kier molecular flexibility index (Phi) is 5.48. The molecular weight excluding hydrogens is 314 g/mol. The first-order chi connectivity index (χ1) is 9.65. The van der Waals surface area contributed by atoms with Crippen LogP contribution in [0.25, 0.3) is 0 Å². The quantitative estimate of drug-likeness (QED) is 0.745. The monoisotopic (exact) mass is 333 g/mol. The summed E-state index contributed by atoms with van der Waals surface area (Å²) in [6.45, 7) is 5.84. The molecule has 0 aromatic heterocycles. The van der Waals surface area contributed by atoms with E-state index in [0.717, 1.165) is 22.5 Å². The highest BCUT2D eigenvalue weighted by molar-refractivity contribution is 9.10. The van der Waals surface area contributed by atoms with Gasteiger partial charge in [0.1, 0.15) is 12.4 Å². The normalized spacial score (nSPS) is 10.6. The summed E-state index contributed by atoms with van der Waals surface area (Å²) >= 11 is 3.41. The van der Waals surface area contributed by atoms with Crippen molar-refractivity contribution in [1.82, 2.24) is 0 Å². The number of ether oxygens (including phenoxy) is 1. The molecule has 2 aromatic carbocycles. The summed E-state index contributed by atoms with van der Waals surface area (Å²) in [5.41, 5.74) is 2.50. The van der Waals surface area contributed by atoms with Crippen LogP contribution in [0.2, 0.25) is 0 Å². The van der Waals surface area contributed by atoms with Gasteiger partial charge in [-0.05, 0) is 47.9 Å². The van der Waals surface area contributed by atoms with E-state index in [1.165, 1.54) is 5.56 Å². The van der Waals surface area contributed by atoms with Crippen molar-refractivity contribution >= 4 is 21.6 Å². The molecule has 0 saturated carbocycles. The molecule has 0 aliphatic heterocycles. The highest BCUT2D eigenvalue weighted by Gasteiger charge is 1.99. The molecule has 0 atom stereocenters. The Balaban J connectivity index is 1.74. The van der Waals surface area contributed by atoms with E-state index in [1.807, 2.05) is 24.3 Å². The maximum atomic E-state index is 5.66. The lowest BCUT2D eigenvalue weighted by atomic mass is 10.0. The molecule has 0 bridgehead atoms. The molecular formula is C17H20BrNO. The summed E-state index contributed by atoms with van der Waals surface area (Å²) < 4.78 is 6.72. The van der Waals surface area contributed by atoms with Crippen LogP contribution in [0.1, 0.15) is 25.3 Å². The Labute approximate surface area is 129 Å². The van der Waals surface area contributed by atoms with Gasteiger partial charge in [-0.2, -0.15) is 0 Å². The minimum Gasteiger partial charge on any atom is -0.492 e. The van der Waals surface area contributed by atoms with Crippen molar-refractivity contribution in [3.05, 3.63) is 58.6 Å². The largest absolute Gasteiger partial charge is 0.492 e. The summed E-state index contributed by atoms with van der Waals surface area (Å²) in [7, 11) is 0. The van der Waals surface area contributed by atoms with Crippen molar-refractivity contribution < 1.29 is 4.74 Å². The zero-order chi connectivity index (χ0) is 14.4. The molecule has 0 fully saturated rings. The number of anilines is 1. The second kappa shape index (κ2) is 7.34. The van der Waals surface area contributed by atoms with E-state index in [9.17, 15) is 0 Å². The molecule has 0 unspecified atom stereocenters. The van der Waals surface area contributed by atoms with Gasteiger partial charge in [0, 0.05) is 16.7 Å². The Bertz CT molecular complexity index is 520. The third-order valence-corrected chi connectivity index (χ3v) is 3.62. The van der Waals surface area contributed by atoms with Crippen molar-refractivity contribution in [3.8, 4) is 5.75 Å². The zero-order valence-corrected chi connectivity index (χ0v) is 13.5. The Morgan fingerprint density at radius 3 is 2.25 bits per heavy atom. The molecule has 20 heavy (non-hydrogen) atoms. The molecule has 2 nitrogen and oxygen atoms in total. The number of hydrogen-bond acceptors (Lipinski definition) is 2. The summed E-state index contributed by atoms with van der Waals surface area (Å²) in [6, 6.07) is 16.5. The van der Waals surface area contributed by atoms with E-state index in [2.05, 4.69) is 59.4 Å². The second-order valence-electron chi connectivity index (χ2n) is 5.01. The van der Waals surface area contributed by atoms with Gasteiger partial charge in [-0.25, -0.2) is 0 Å². The van der Waals surface area contributed by atoms with Gasteiger partial charge >= 0.3 is 0 Å². The van der Waals surface area contributed by atoms with Crippen LogP contribution < -0.4 is 10.1 Å². The molecule has 0 radical (unpaired) electrons. The van der Waals surface area contributed by atoms with E-state index >= 15 is 0 Å². The summed E-state index contributed by atoms with van der Waals surface area (Å²) in [5.74, 6) is 1.47. The first kappa shape index (κ1) is 14.9. The molecule has 0 saturated heterocycles. The Morgan fingerprint density at radius 2 is 1.65 bits per heavy atom. The fraction of sp³-hybridized carbons (Fsp3) is 0.294. The predicted molar refractivity (Wildman–Crippen MR) is 88.7 cm³/mol. The first-order valence-corrected chi connectivity index (χ1v) is 7.66. The number of nitrogens with one attached hydrogen (secondary N) is 1. The molecule has 3 heteroatoms. The van der Waals surface area contributed by atoms with Crippen LogP contribution in [-0.2, 0) is 0 Å².